The zero-order chi connectivity index (χ0) is 21.2. The Morgan fingerprint density at radius 2 is 1.87 bits per heavy atom. The summed E-state index contributed by atoms with van der Waals surface area (Å²) in [5.74, 6) is 1.33. The van der Waals surface area contributed by atoms with Crippen molar-refractivity contribution in [2.45, 2.75) is 17.8 Å². The van der Waals surface area contributed by atoms with Crippen molar-refractivity contribution in [1.82, 2.24) is 24.1 Å². The number of rotatable bonds is 5. The van der Waals surface area contributed by atoms with Crippen molar-refractivity contribution in [3.63, 3.8) is 0 Å². The lowest BCUT2D eigenvalue weighted by atomic mass is 10.2. The van der Waals surface area contributed by atoms with Crippen LogP contribution in [0.4, 0.5) is 5.95 Å². The second kappa shape index (κ2) is 8.52. The van der Waals surface area contributed by atoms with Crippen LogP contribution in [0.15, 0.2) is 64.7 Å². The number of benzene rings is 1. The van der Waals surface area contributed by atoms with Crippen molar-refractivity contribution < 1.29 is 4.74 Å². The molecule has 1 saturated heterocycles. The van der Waals surface area contributed by atoms with Crippen LogP contribution in [0.1, 0.15) is 11.3 Å². The third kappa shape index (κ3) is 3.94. The minimum Gasteiger partial charge on any atom is -0.378 e. The second-order valence-corrected chi connectivity index (χ2v) is 8.25. The number of morpholine rings is 1. The van der Waals surface area contributed by atoms with Crippen molar-refractivity contribution in [3.8, 4) is 5.69 Å². The van der Waals surface area contributed by atoms with E-state index >= 15 is 0 Å². The normalized spacial score (nSPS) is 14.3. The molecule has 158 valence electrons. The van der Waals surface area contributed by atoms with Gasteiger partial charge in [-0.3, -0.25) is 13.8 Å². The number of thioether (sulfide) groups is 1. The Hall–Kier alpha value is -3.17. The molecule has 0 bridgehead atoms. The lowest BCUT2D eigenvalue weighted by Crippen LogP contribution is -2.38. The van der Waals surface area contributed by atoms with E-state index < -0.39 is 0 Å². The third-order valence-electron chi connectivity index (χ3n) is 5.24. The summed E-state index contributed by atoms with van der Waals surface area (Å²) in [6, 6.07) is 15.3. The molecule has 1 aliphatic heterocycles. The summed E-state index contributed by atoms with van der Waals surface area (Å²) in [7, 11) is 0. The number of hydrogen-bond donors (Lipinski definition) is 0. The number of pyridine rings is 1. The van der Waals surface area contributed by atoms with Gasteiger partial charge in [0.05, 0.1) is 24.6 Å². The van der Waals surface area contributed by atoms with Gasteiger partial charge in [-0.2, -0.15) is 0 Å². The number of ether oxygens (including phenoxy) is 1. The molecule has 8 nitrogen and oxygen atoms in total. The highest BCUT2D eigenvalue weighted by molar-refractivity contribution is 7.98. The standard InChI is InChI=1S/C22H22N6O2S/c1-16-6-2-3-7-18(16)28-21(26-10-12-30-13-11-26)24-25-22(28)31-15-17-14-20(29)27-9-5-4-8-19(27)23-17/h2-9,14H,10-13,15H2,1H3. The zero-order valence-electron chi connectivity index (χ0n) is 17.1. The second-order valence-electron chi connectivity index (χ2n) is 7.31. The molecule has 3 aromatic heterocycles. The highest BCUT2D eigenvalue weighted by Crippen LogP contribution is 2.30. The van der Waals surface area contributed by atoms with Crippen molar-refractivity contribution in [1.29, 1.82) is 0 Å². The van der Waals surface area contributed by atoms with Gasteiger partial charge in [0, 0.05) is 31.1 Å². The fourth-order valence-electron chi connectivity index (χ4n) is 3.66. The Labute approximate surface area is 183 Å². The Kier molecular flexibility index (Phi) is 5.44. The van der Waals surface area contributed by atoms with Gasteiger partial charge in [0.2, 0.25) is 5.95 Å². The molecule has 4 aromatic rings. The summed E-state index contributed by atoms with van der Waals surface area (Å²) in [6.45, 7) is 4.98. The van der Waals surface area contributed by atoms with E-state index in [4.69, 9.17) is 4.74 Å². The fraction of sp³-hybridized carbons (Fsp3) is 0.273. The number of para-hydroxylation sites is 1. The predicted octanol–water partition coefficient (Wildman–Crippen LogP) is 2.71. The molecule has 5 rings (SSSR count). The Morgan fingerprint density at radius 3 is 2.71 bits per heavy atom. The maximum Gasteiger partial charge on any atom is 0.258 e. The first-order valence-electron chi connectivity index (χ1n) is 10.1. The highest BCUT2D eigenvalue weighted by Gasteiger charge is 2.22. The topological polar surface area (TPSA) is 77.5 Å². The van der Waals surface area contributed by atoms with Gasteiger partial charge < -0.3 is 9.64 Å². The Bertz CT molecular complexity index is 1280. The van der Waals surface area contributed by atoms with Crippen LogP contribution >= 0.6 is 11.8 Å². The summed E-state index contributed by atoms with van der Waals surface area (Å²) >= 11 is 1.53. The minimum absolute atomic E-state index is 0.0874. The summed E-state index contributed by atoms with van der Waals surface area (Å²) in [5.41, 5.74) is 3.45. The molecule has 0 spiro atoms. The van der Waals surface area contributed by atoms with Crippen LogP contribution in [-0.4, -0.2) is 50.5 Å². The molecular formula is C22H22N6O2S. The Balaban J connectivity index is 1.50. The first-order valence-corrected chi connectivity index (χ1v) is 11.1. The van der Waals surface area contributed by atoms with E-state index in [2.05, 4.69) is 43.7 Å². The third-order valence-corrected chi connectivity index (χ3v) is 6.20. The number of hydrogen-bond acceptors (Lipinski definition) is 7. The largest absolute Gasteiger partial charge is 0.378 e. The van der Waals surface area contributed by atoms with Crippen LogP contribution in [0.3, 0.4) is 0 Å². The quantitative estimate of drug-likeness (QED) is 0.447. The number of aryl methyl sites for hydroxylation is 1. The summed E-state index contributed by atoms with van der Waals surface area (Å²) in [4.78, 5) is 19.2. The van der Waals surface area contributed by atoms with Crippen LogP contribution in [0.5, 0.6) is 0 Å². The fourth-order valence-corrected chi connectivity index (χ4v) is 4.50. The maximum atomic E-state index is 12.4. The predicted molar refractivity (Wildman–Crippen MR) is 120 cm³/mol. The van der Waals surface area contributed by atoms with Gasteiger partial charge in [0.25, 0.3) is 5.56 Å². The first-order chi connectivity index (χ1) is 15.2. The summed E-state index contributed by atoms with van der Waals surface area (Å²) in [5, 5.41) is 9.77. The van der Waals surface area contributed by atoms with Crippen LogP contribution < -0.4 is 10.5 Å². The maximum absolute atomic E-state index is 12.4. The van der Waals surface area contributed by atoms with Crippen molar-refractivity contribution >= 4 is 23.4 Å². The summed E-state index contributed by atoms with van der Waals surface area (Å²) < 4.78 is 9.14. The average molecular weight is 435 g/mol. The molecule has 0 amide bonds. The van der Waals surface area contributed by atoms with Gasteiger partial charge in [0.15, 0.2) is 5.16 Å². The minimum atomic E-state index is -0.0874. The number of nitrogens with zero attached hydrogens (tertiary/aromatic N) is 6. The molecule has 1 fully saturated rings. The first kappa shape index (κ1) is 19.8. The van der Waals surface area contributed by atoms with Gasteiger partial charge in [-0.1, -0.05) is 36.0 Å². The van der Waals surface area contributed by atoms with E-state index in [0.717, 1.165) is 35.4 Å². The average Bonchev–Trinajstić information content (AvgIpc) is 3.22. The summed E-state index contributed by atoms with van der Waals surface area (Å²) in [6.07, 6.45) is 1.73. The lowest BCUT2D eigenvalue weighted by molar-refractivity contribution is 0.122. The van der Waals surface area contributed by atoms with E-state index in [9.17, 15) is 4.79 Å². The van der Waals surface area contributed by atoms with Gasteiger partial charge >= 0.3 is 0 Å². The number of fused-ring (bicyclic) bond motifs is 1. The SMILES string of the molecule is Cc1ccccc1-n1c(SCc2cc(=O)n3ccccc3n2)nnc1N1CCOCC1. The molecule has 1 aromatic carbocycles. The highest BCUT2D eigenvalue weighted by atomic mass is 32.2. The molecule has 1 aliphatic rings. The Morgan fingerprint density at radius 1 is 1.06 bits per heavy atom. The van der Waals surface area contributed by atoms with Crippen molar-refractivity contribution in [2.75, 3.05) is 31.2 Å². The molecular weight excluding hydrogens is 412 g/mol. The van der Waals surface area contributed by atoms with E-state index in [1.165, 1.54) is 11.8 Å². The molecule has 0 N–H and O–H groups in total. The lowest BCUT2D eigenvalue weighted by Gasteiger charge is -2.28. The molecule has 0 atom stereocenters. The molecule has 31 heavy (non-hydrogen) atoms. The monoisotopic (exact) mass is 434 g/mol. The smallest absolute Gasteiger partial charge is 0.258 e. The zero-order valence-corrected chi connectivity index (χ0v) is 18.0. The van der Waals surface area contributed by atoms with Crippen LogP contribution in [0, 0.1) is 6.92 Å². The number of aromatic nitrogens is 5. The molecule has 0 saturated carbocycles. The van der Waals surface area contributed by atoms with Crippen LogP contribution in [-0.2, 0) is 10.5 Å². The van der Waals surface area contributed by atoms with E-state index in [1.807, 2.05) is 30.3 Å². The van der Waals surface area contributed by atoms with Gasteiger partial charge in [-0.15, -0.1) is 10.2 Å². The van der Waals surface area contributed by atoms with E-state index in [-0.39, 0.29) is 5.56 Å². The molecule has 9 heteroatoms. The molecule has 4 heterocycles. The van der Waals surface area contributed by atoms with Gasteiger partial charge in [-0.25, -0.2) is 4.98 Å². The van der Waals surface area contributed by atoms with Crippen LogP contribution in [0.2, 0.25) is 0 Å². The van der Waals surface area contributed by atoms with Gasteiger partial charge in [-0.05, 0) is 30.7 Å². The van der Waals surface area contributed by atoms with Crippen LogP contribution in [0.25, 0.3) is 11.3 Å². The van der Waals surface area contributed by atoms with Crippen molar-refractivity contribution in [2.24, 2.45) is 0 Å². The molecule has 0 aliphatic carbocycles. The molecule has 0 unspecified atom stereocenters. The van der Waals surface area contributed by atoms with E-state index in [1.54, 1.807) is 16.7 Å². The van der Waals surface area contributed by atoms with E-state index in [0.29, 0.717) is 30.3 Å². The van der Waals surface area contributed by atoms with Crippen molar-refractivity contribution in [3.05, 3.63) is 76.3 Å². The molecule has 0 radical (unpaired) electrons. The number of anilines is 1. The van der Waals surface area contributed by atoms with Gasteiger partial charge in [0.1, 0.15) is 5.65 Å².